The van der Waals surface area contributed by atoms with Gasteiger partial charge >= 0.3 is 0 Å². The summed E-state index contributed by atoms with van der Waals surface area (Å²) in [5, 5.41) is 3.48. The van der Waals surface area contributed by atoms with Crippen molar-refractivity contribution in [3.8, 4) is 0 Å². The van der Waals surface area contributed by atoms with Crippen LogP contribution in [0.4, 0.5) is 0 Å². The number of carbonyl (C=O) groups excluding carboxylic acids is 1. The van der Waals surface area contributed by atoms with Gasteiger partial charge in [0.2, 0.25) is 5.91 Å². The van der Waals surface area contributed by atoms with Gasteiger partial charge < -0.3 is 9.64 Å². The third kappa shape index (κ3) is 4.45. The SMILES string of the molecule is CCCCC1NC(CC)N(CCCOCC2CC2)C1=O. The molecule has 0 aromatic rings. The molecule has 1 amide bonds. The Hall–Kier alpha value is -0.610. The second-order valence-electron chi connectivity index (χ2n) is 6.19. The van der Waals surface area contributed by atoms with Crippen LogP contribution in [-0.2, 0) is 9.53 Å². The van der Waals surface area contributed by atoms with Crippen LogP contribution in [0.2, 0.25) is 0 Å². The van der Waals surface area contributed by atoms with Crippen LogP contribution < -0.4 is 5.32 Å². The van der Waals surface area contributed by atoms with Crippen molar-refractivity contribution in [3.63, 3.8) is 0 Å². The summed E-state index contributed by atoms with van der Waals surface area (Å²) in [7, 11) is 0. The van der Waals surface area contributed by atoms with Crippen molar-refractivity contribution in [2.45, 2.75) is 71.0 Å². The summed E-state index contributed by atoms with van der Waals surface area (Å²) in [6.07, 6.45) is 8.09. The minimum atomic E-state index is 0.0484. The normalized spacial score (nSPS) is 26.5. The Balaban J connectivity index is 1.68. The maximum atomic E-state index is 12.4. The molecular formula is C16H30N2O2. The van der Waals surface area contributed by atoms with Crippen LogP contribution in [0.15, 0.2) is 0 Å². The van der Waals surface area contributed by atoms with E-state index in [1.54, 1.807) is 0 Å². The zero-order chi connectivity index (χ0) is 14.4. The highest BCUT2D eigenvalue weighted by atomic mass is 16.5. The molecule has 2 rings (SSSR count). The third-order valence-electron chi connectivity index (χ3n) is 4.32. The van der Waals surface area contributed by atoms with Crippen LogP contribution in [0.3, 0.4) is 0 Å². The van der Waals surface area contributed by atoms with E-state index in [0.29, 0.717) is 5.91 Å². The quantitative estimate of drug-likeness (QED) is 0.626. The average molecular weight is 282 g/mol. The number of rotatable bonds is 10. The predicted molar refractivity (Wildman–Crippen MR) is 80.4 cm³/mol. The fourth-order valence-corrected chi connectivity index (χ4v) is 2.84. The maximum absolute atomic E-state index is 12.4. The highest BCUT2D eigenvalue weighted by molar-refractivity contribution is 5.84. The Morgan fingerprint density at radius 1 is 1.30 bits per heavy atom. The summed E-state index contributed by atoms with van der Waals surface area (Å²) in [5.74, 6) is 1.12. The topological polar surface area (TPSA) is 41.6 Å². The van der Waals surface area contributed by atoms with Crippen molar-refractivity contribution in [3.05, 3.63) is 0 Å². The van der Waals surface area contributed by atoms with Crippen LogP contribution in [0.25, 0.3) is 0 Å². The van der Waals surface area contributed by atoms with E-state index in [2.05, 4.69) is 19.2 Å². The lowest BCUT2D eigenvalue weighted by atomic mass is 10.1. The molecule has 1 aliphatic carbocycles. The van der Waals surface area contributed by atoms with Gasteiger partial charge in [-0.25, -0.2) is 0 Å². The second kappa shape index (κ2) is 7.99. The van der Waals surface area contributed by atoms with Crippen molar-refractivity contribution in [2.75, 3.05) is 19.8 Å². The van der Waals surface area contributed by atoms with Gasteiger partial charge in [-0.1, -0.05) is 26.7 Å². The largest absolute Gasteiger partial charge is 0.381 e. The molecule has 2 unspecified atom stereocenters. The lowest BCUT2D eigenvalue weighted by molar-refractivity contribution is -0.130. The average Bonchev–Trinajstić information content (AvgIpc) is 3.23. The van der Waals surface area contributed by atoms with Gasteiger partial charge in [0.15, 0.2) is 0 Å². The minimum absolute atomic E-state index is 0.0484. The second-order valence-corrected chi connectivity index (χ2v) is 6.19. The first-order valence-corrected chi connectivity index (χ1v) is 8.40. The van der Waals surface area contributed by atoms with Gasteiger partial charge in [-0.15, -0.1) is 0 Å². The predicted octanol–water partition coefficient (Wildman–Crippen LogP) is 2.53. The van der Waals surface area contributed by atoms with E-state index in [0.717, 1.165) is 57.8 Å². The van der Waals surface area contributed by atoms with Gasteiger partial charge in [0.25, 0.3) is 0 Å². The Bertz CT molecular complexity index is 305. The molecule has 2 atom stereocenters. The molecule has 1 heterocycles. The molecule has 0 aromatic heterocycles. The van der Waals surface area contributed by atoms with Crippen LogP contribution in [0.5, 0.6) is 0 Å². The monoisotopic (exact) mass is 282 g/mol. The zero-order valence-corrected chi connectivity index (χ0v) is 13.1. The number of nitrogens with one attached hydrogen (secondary N) is 1. The smallest absolute Gasteiger partial charge is 0.241 e. The molecule has 4 nitrogen and oxygen atoms in total. The van der Waals surface area contributed by atoms with E-state index in [9.17, 15) is 4.79 Å². The molecule has 0 radical (unpaired) electrons. The van der Waals surface area contributed by atoms with Gasteiger partial charge in [-0.2, -0.15) is 0 Å². The summed E-state index contributed by atoms with van der Waals surface area (Å²) in [4.78, 5) is 14.4. The fourth-order valence-electron chi connectivity index (χ4n) is 2.84. The summed E-state index contributed by atoms with van der Waals surface area (Å²) in [6, 6.07) is 0.0484. The fraction of sp³-hybridized carbons (Fsp3) is 0.938. The Kier molecular flexibility index (Phi) is 6.30. The van der Waals surface area contributed by atoms with Crippen molar-refractivity contribution < 1.29 is 9.53 Å². The number of hydrogen-bond acceptors (Lipinski definition) is 3. The van der Waals surface area contributed by atoms with Gasteiger partial charge in [0, 0.05) is 19.8 Å². The summed E-state index contributed by atoms with van der Waals surface area (Å²) in [6.45, 7) is 6.85. The van der Waals surface area contributed by atoms with Gasteiger partial charge in [0.05, 0.1) is 12.2 Å². The maximum Gasteiger partial charge on any atom is 0.241 e. The van der Waals surface area contributed by atoms with E-state index in [-0.39, 0.29) is 12.2 Å². The molecule has 1 saturated carbocycles. The molecule has 1 saturated heterocycles. The summed E-state index contributed by atoms with van der Waals surface area (Å²) in [5.41, 5.74) is 0. The Morgan fingerprint density at radius 2 is 2.10 bits per heavy atom. The lowest BCUT2D eigenvalue weighted by Gasteiger charge is -2.22. The standard InChI is InChI=1S/C16H30N2O2/c1-3-5-7-14-16(19)18(15(4-2)17-14)10-6-11-20-12-13-8-9-13/h13-15,17H,3-12H2,1-2H3. The van der Waals surface area contributed by atoms with Crippen molar-refractivity contribution in [1.82, 2.24) is 10.2 Å². The molecule has 116 valence electrons. The highest BCUT2D eigenvalue weighted by Gasteiger charge is 2.36. The summed E-state index contributed by atoms with van der Waals surface area (Å²) < 4.78 is 5.65. The van der Waals surface area contributed by atoms with Crippen LogP contribution in [-0.4, -0.2) is 42.8 Å². The first-order valence-electron chi connectivity index (χ1n) is 8.40. The molecule has 2 aliphatic rings. The molecule has 20 heavy (non-hydrogen) atoms. The van der Waals surface area contributed by atoms with E-state index in [4.69, 9.17) is 4.74 Å². The van der Waals surface area contributed by atoms with Crippen LogP contribution in [0, 0.1) is 5.92 Å². The summed E-state index contributed by atoms with van der Waals surface area (Å²) >= 11 is 0. The molecule has 1 N–H and O–H groups in total. The number of ether oxygens (including phenoxy) is 1. The van der Waals surface area contributed by atoms with E-state index < -0.39 is 0 Å². The zero-order valence-electron chi connectivity index (χ0n) is 13.1. The molecule has 0 aromatic carbocycles. The first kappa shape index (κ1) is 15.8. The Morgan fingerprint density at radius 3 is 2.75 bits per heavy atom. The number of hydrogen-bond donors (Lipinski definition) is 1. The van der Waals surface area contributed by atoms with Crippen molar-refractivity contribution >= 4 is 5.91 Å². The molecule has 0 spiro atoms. The van der Waals surface area contributed by atoms with E-state index in [1.165, 1.54) is 12.8 Å². The van der Waals surface area contributed by atoms with Gasteiger partial charge in [-0.3, -0.25) is 10.1 Å². The number of amides is 1. The number of carbonyl (C=O) groups is 1. The van der Waals surface area contributed by atoms with Gasteiger partial charge in [-0.05, 0) is 38.0 Å². The van der Waals surface area contributed by atoms with E-state index >= 15 is 0 Å². The number of nitrogens with zero attached hydrogens (tertiary/aromatic N) is 1. The highest BCUT2D eigenvalue weighted by Crippen LogP contribution is 2.28. The molecule has 1 aliphatic heterocycles. The lowest BCUT2D eigenvalue weighted by Crippen LogP contribution is -2.37. The molecule has 2 fully saturated rings. The number of unbranched alkanes of at least 4 members (excludes halogenated alkanes) is 1. The van der Waals surface area contributed by atoms with Crippen molar-refractivity contribution in [2.24, 2.45) is 5.92 Å². The Labute approximate surface area is 123 Å². The molecule has 4 heteroatoms. The molecular weight excluding hydrogens is 252 g/mol. The van der Waals surface area contributed by atoms with Gasteiger partial charge in [0.1, 0.15) is 0 Å². The third-order valence-corrected chi connectivity index (χ3v) is 4.32. The molecule has 0 bridgehead atoms. The van der Waals surface area contributed by atoms with E-state index in [1.807, 2.05) is 4.90 Å². The van der Waals surface area contributed by atoms with Crippen LogP contribution >= 0.6 is 0 Å². The van der Waals surface area contributed by atoms with Crippen molar-refractivity contribution in [1.29, 1.82) is 0 Å². The van der Waals surface area contributed by atoms with Crippen LogP contribution in [0.1, 0.15) is 58.8 Å². The first-order chi connectivity index (χ1) is 9.76. The minimum Gasteiger partial charge on any atom is -0.381 e.